The van der Waals surface area contributed by atoms with Gasteiger partial charge in [-0.05, 0) is 0 Å². The average Bonchev–Trinajstić information content (AvgIpc) is 2.48. The zero-order valence-electron chi connectivity index (χ0n) is 7.46. The van der Waals surface area contributed by atoms with Gasteiger partial charge in [0.25, 0.3) is 0 Å². The molecule has 0 radical (unpaired) electrons. The van der Waals surface area contributed by atoms with Gasteiger partial charge in [0, 0.05) is 7.11 Å². The van der Waals surface area contributed by atoms with Crippen molar-refractivity contribution in [3.05, 3.63) is 15.6 Å². The van der Waals surface area contributed by atoms with Crippen LogP contribution < -0.4 is 0 Å². The molecule has 0 unspecified atom stereocenters. The third-order valence-electron chi connectivity index (χ3n) is 1.40. The molecule has 0 aromatic carbocycles. The first-order chi connectivity index (χ1) is 6.86. The minimum Gasteiger partial charge on any atom is -0.477 e. The molecule has 0 amide bonds. The van der Waals surface area contributed by atoms with Gasteiger partial charge in [-0.3, -0.25) is 0 Å². The number of alkyl halides is 3. The number of nitrogens with zero attached hydrogens (tertiary/aromatic N) is 1. The quantitative estimate of drug-likeness (QED) is 0.879. The number of carboxylic acid groups (broad SMARTS) is 1. The highest BCUT2D eigenvalue weighted by molar-refractivity contribution is 7.13. The molecule has 1 aromatic rings. The highest BCUT2D eigenvalue weighted by Crippen LogP contribution is 2.34. The van der Waals surface area contributed by atoms with Crippen LogP contribution in [0.4, 0.5) is 13.2 Å². The summed E-state index contributed by atoms with van der Waals surface area (Å²) in [4.78, 5) is 12.9. The Kier molecular flexibility index (Phi) is 3.30. The van der Waals surface area contributed by atoms with Crippen molar-refractivity contribution in [2.24, 2.45) is 0 Å². The number of hydrogen-bond donors (Lipinski definition) is 1. The van der Waals surface area contributed by atoms with E-state index < -0.39 is 22.7 Å². The van der Waals surface area contributed by atoms with Crippen LogP contribution in [-0.4, -0.2) is 23.2 Å². The van der Waals surface area contributed by atoms with Crippen molar-refractivity contribution in [3.63, 3.8) is 0 Å². The van der Waals surface area contributed by atoms with E-state index in [0.29, 0.717) is 11.3 Å². The largest absolute Gasteiger partial charge is 0.477 e. The number of ether oxygens (including phenoxy) is 1. The number of carboxylic acids is 1. The van der Waals surface area contributed by atoms with Gasteiger partial charge in [0.2, 0.25) is 0 Å². The Bertz CT molecular complexity index is 374. The standard InChI is InChI=1S/C7H6F3NO3S/c1-14-2-3-11-5(7(8,9)10)4(15-3)6(12)13/h2H2,1H3,(H,12,13). The Labute approximate surface area is 86.3 Å². The third-order valence-corrected chi connectivity index (χ3v) is 2.42. The first-order valence-electron chi connectivity index (χ1n) is 3.65. The van der Waals surface area contributed by atoms with Crippen LogP contribution >= 0.6 is 11.3 Å². The van der Waals surface area contributed by atoms with Crippen LogP contribution in [0, 0.1) is 0 Å². The van der Waals surface area contributed by atoms with Gasteiger partial charge in [0.05, 0.1) is 6.61 Å². The number of aromatic carboxylic acids is 1. The summed E-state index contributed by atoms with van der Waals surface area (Å²) < 4.78 is 41.5. The van der Waals surface area contributed by atoms with E-state index in [1.165, 1.54) is 7.11 Å². The van der Waals surface area contributed by atoms with Crippen molar-refractivity contribution in [2.45, 2.75) is 12.8 Å². The third kappa shape index (κ3) is 2.66. The van der Waals surface area contributed by atoms with E-state index in [1.54, 1.807) is 0 Å². The van der Waals surface area contributed by atoms with Gasteiger partial charge in [0.1, 0.15) is 9.88 Å². The maximum Gasteiger partial charge on any atom is 0.435 e. The number of methoxy groups -OCH3 is 1. The lowest BCUT2D eigenvalue weighted by molar-refractivity contribution is -0.141. The Morgan fingerprint density at radius 3 is 2.53 bits per heavy atom. The fourth-order valence-electron chi connectivity index (χ4n) is 0.887. The molecule has 4 nitrogen and oxygen atoms in total. The molecule has 0 bridgehead atoms. The van der Waals surface area contributed by atoms with Gasteiger partial charge in [-0.25, -0.2) is 9.78 Å². The van der Waals surface area contributed by atoms with Crippen molar-refractivity contribution in [2.75, 3.05) is 7.11 Å². The van der Waals surface area contributed by atoms with Crippen molar-refractivity contribution in [1.82, 2.24) is 4.98 Å². The van der Waals surface area contributed by atoms with Gasteiger partial charge in [0.15, 0.2) is 5.69 Å². The maximum atomic E-state index is 12.3. The molecule has 0 fully saturated rings. The SMILES string of the molecule is COCc1nc(C(F)(F)F)c(C(=O)O)s1. The van der Waals surface area contributed by atoms with Crippen LogP contribution in [0.1, 0.15) is 20.4 Å². The van der Waals surface area contributed by atoms with E-state index in [0.717, 1.165) is 0 Å². The Morgan fingerprint density at radius 2 is 2.20 bits per heavy atom. The Hall–Kier alpha value is -1.15. The topological polar surface area (TPSA) is 59.4 Å². The molecule has 0 aliphatic carbocycles. The summed E-state index contributed by atoms with van der Waals surface area (Å²) in [6.07, 6.45) is -4.75. The summed E-state index contributed by atoms with van der Waals surface area (Å²) in [7, 11) is 1.29. The molecular formula is C7H6F3NO3S. The van der Waals surface area contributed by atoms with E-state index in [2.05, 4.69) is 9.72 Å². The highest BCUT2D eigenvalue weighted by Gasteiger charge is 2.39. The molecule has 1 N–H and O–H groups in total. The molecule has 8 heteroatoms. The summed E-state index contributed by atoms with van der Waals surface area (Å²) in [6.45, 7) is -0.138. The molecular weight excluding hydrogens is 235 g/mol. The molecule has 0 aliphatic heterocycles. The second-order valence-corrected chi connectivity index (χ2v) is 3.60. The predicted molar refractivity (Wildman–Crippen MR) is 44.8 cm³/mol. The minimum absolute atomic E-state index is 0.0118. The van der Waals surface area contributed by atoms with Gasteiger partial charge in [-0.2, -0.15) is 13.2 Å². The molecule has 1 aromatic heterocycles. The molecule has 15 heavy (non-hydrogen) atoms. The monoisotopic (exact) mass is 241 g/mol. The van der Waals surface area contributed by atoms with E-state index in [-0.39, 0.29) is 11.6 Å². The van der Waals surface area contributed by atoms with Crippen LogP contribution in [0.15, 0.2) is 0 Å². The zero-order chi connectivity index (χ0) is 11.6. The summed E-state index contributed by atoms with van der Waals surface area (Å²) in [5.74, 6) is -1.64. The molecule has 0 aliphatic rings. The van der Waals surface area contributed by atoms with Crippen LogP contribution in [-0.2, 0) is 17.5 Å². The van der Waals surface area contributed by atoms with Gasteiger partial charge in [-0.1, -0.05) is 0 Å². The van der Waals surface area contributed by atoms with Crippen LogP contribution in [0.2, 0.25) is 0 Å². The molecule has 0 saturated carbocycles. The second-order valence-electron chi connectivity index (χ2n) is 2.52. The fourth-order valence-corrected chi connectivity index (χ4v) is 1.78. The average molecular weight is 241 g/mol. The lowest BCUT2D eigenvalue weighted by atomic mass is 10.3. The van der Waals surface area contributed by atoms with Crippen molar-refractivity contribution >= 4 is 17.3 Å². The molecule has 0 atom stereocenters. The molecule has 0 saturated heterocycles. The summed E-state index contributed by atoms with van der Waals surface area (Å²) in [5.41, 5.74) is -1.37. The first kappa shape index (κ1) is 11.9. The first-order valence-corrected chi connectivity index (χ1v) is 4.47. The number of aromatic nitrogens is 1. The van der Waals surface area contributed by atoms with Crippen molar-refractivity contribution < 1.29 is 27.8 Å². The summed E-state index contributed by atoms with van der Waals surface area (Å²) in [6, 6.07) is 0. The van der Waals surface area contributed by atoms with Crippen LogP contribution in [0.5, 0.6) is 0 Å². The Balaban J connectivity index is 3.18. The van der Waals surface area contributed by atoms with Gasteiger partial charge < -0.3 is 9.84 Å². The number of hydrogen-bond acceptors (Lipinski definition) is 4. The maximum absolute atomic E-state index is 12.3. The molecule has 0 spiro atoms. The minimum atomic E-state index is -4.75. The lowest BCUT2D eigenvalue weighted by Gasteiger charge is -2.02. The predicted octanol–water partition coefficient (Wildman–Crippen LogP) is 2.01. The summed E-state index contributed by atoms with van der Waals surface area (Å²) >= 11 is 0.463. The number of rotatable bonds is 3. The fraction of sp³-hybridized carbons (Fsp3) is 0.429. The normalized spacial score (nSPS) is 11.7. The van der Waals surface area contributed by atoms with Crippen LogP contribution in [0.3, 0.4) is 0 Å². The molecule has 1 heterocycles. The smallest absolute Gasteiger partial charge is 0.435 e. The lowest BCUT2D eigenvalue weighted by Crippen LogP contribution is -2.11. The van der Waals surface area contributed by atoms with Crippen molar-refractivity contribution in [1.29, 1.82) is 0 Å². The van der Waals surface area contributed by atoms with Gasteiger partial charge in [-0.15, -0.1) is 11.3 Å². The van der Waals surface area contributed by atoms with E-state index in [9.17, 15) is 18.0 Å². The van der Waals surface area contributed by atoms with Crippen molar-refractivity contribution in [3.8, 4) is 0 Å². The second kappa shape index (κ2) is 4.15. The van der Waals surface area contributed by atoms with E-state index in [4.69, 9.17) is 5.11 Å². The summed E-state index contributed by atoms with van der Waals surface area (Å²) in [5, 5.41) is 8.53. The molecule has 84 valence electrons. The number of thiazole rings is 1. The highest BCUT2D eigenvalue weighted by atomic mass is 32.1. The van der Waals surface area contributed by atoms with E-state index in [1.807, 2.05) is 0 Å². The van der Waals surface area contributed by atoms with E-state index >= 15 is 0 Å². The molecule has 1 rings (SSSR count). The van der Waals surface area contributed by atoms with Crippen LogP contribution in [0.25, 0.3) is 0 Å². The number of halogens is 3. The Morgan fingerprint density at radius 1 is 1.60 bits per heavy atom. The number of carbonyl (C=O) groups is 1. The zero-order valence-corrected chi connectivity index (χ0v) is 8.28. The van der Waals surface area contributed by atoms with Gasteiger partial charge >= 0.3 is 12.1 Å².